The molecule has 0 aromatic rings. The summed E-state index contributed by atoms with van der Waals surface area (Å²) in [7, 11) is 0. The van der Waals surface area contributed by atoms with Crippen LogP contribution in [0.2, 0.25) is 0 Å². The van der Waals surface area contributed by atoms with E-state index in [9.17, 15) is 20.1 Å². The molecule has 17 heavy (non-hydrogen) atoms. The van der Waals surface area contributed by atoms with Crippen LogP contribution in [0.15, 0.2) is 12.2 Å². The van der Waals surface area contributed by atoms with Crippen molar-refractivity contribution in [2.75, 3.05) is 6.79 Å². The van der Waals surface area contributed by atoms with Crippen molar-refractivity contribution >= 4 is 5.91 Å². The van der Waals surface area contributed by atoms with Gasteiger partial charge in [0.15, 0.2) is 0 Å². The zero-order valence-corrected chi connectivity index (χ0v) is 9.02. The second-order valence-electron chi connectivity index (χ2n) is 4.27. The molecule has 0 aromatic heterocycles. The van der Waals surface area contributed by atoms with E-state index in [1.54, 1.807) is 0 Å². The minimum atomic E-state index is -1.37. The van der Waals surface area contributed by atoms with E-state index in [-0.39, 0.29) is 12.4 Å². The molecule has 1 aliphatic carbocycles. The normalized spacial score (nSPS) is 45.4. The summed E-state index contributed by atoms with van der Waals surface area (Å²) < 4.78 is 10.2. The fraction of sp³-hybridized carbons (Fsp3) is 0.700. The Morgan fingerprint density at radius 1 is 1.12 bits per heavy atom. The topological polar surface area (TPSA) is 122 Å². The standard InChI is InChI=1S/C10H15NO6/c1-3(10(11)15)4-5(12)7(14)9-8(6(4)13)16-2-17-9/h4-9,12-14H,1-2H2,(H2,11,15)/t4-,5+,6-,7-,8+,9-/m1/s1. The summed E-state index contributed by atoms with van der Waals surface area (Å²) in [6.45, 7) is 3.35. The van der Waals surface area contributed by atoms with E-state index < -0.39 is 42.3 Å². The van der Waals surface area contributed by atoms with Crippen LogP contribution in [0.3, 0.4) is 0 Å². The first-order valence-corrected chi connectivity index (χ1v) is 5.21. The maximum atomic E-state index is 11.0. The van der Waals surface area contributed by atoms with Gasteiger partial charge in [0.2, 0.25) is 5.91 Å². The molecular weight excluding hydrogens is 230 g/mol. The monoisotopic (exact) mass is 245 g/mol. The van der Waals surface area contributed by atoms with Gasteiger partial charge in [0, 0.05) is 11.5 Å². The zero-order valence-electron chi connectivity index (χ0n) is 9.02. The van der Waals surface area contributed by atoms with Gasteiger partial charge in [-0.2, -0.15) is 0 Å². The number of fused-ring (bicyclic) bond motifs is 1. The predicted molar refractivity (Wildman–Crippen MR) is 54.5 cm³/mol. The molecule has 1 saturated heterocycles. The van der Waals surface area contributed by atoms with E-state index >= 15 is 0 Å². The van der Waals surface area contributed by atoms with Crippen molar-refractivity contribution in [3.05, 3.63) is 12.2 Å². The van der Waals surface area contributed by atoms with Gasteiger partial charge in [-0.1, -0.05) is 6.58 Å². The van der Waals surface area contributed by atoms with Gasteiger partial charge in [-0.15, -0.1) is 0 Å². The smallest absolute Gasteiger partial charge is 0.244 e. The Balaban J connectivity index is 2.27. The van der Waals surface area contributed by atoms with Crippen LogP contribution in [0.25, 0.3) is 0 Å². The van der Waals surface area contributed by atoms with Crippen molar-refractivity contribution in [1.29, 1.82) is 0 Å². The van der Waals surface area contributed by atoms with Gasteiger partial charge in [-0.3, -0.25) is 4.79 Å². The summed E-state index contributed by atoms with van der Waals surface area (Å²) in [5.74, 6) is -1.89. The predicted octanol–water partition coefficient (Wildman–Crippen LogP) is -2.52. The maximum absolute atomic E-state index is 11.0. The summed E-state index contributed by atoms with van der Waals surface area (Å²) in [5, 5.41) is 29.7. The Morgan fingerprint density at radius 2 is 1.65 bits per heavy atom. The van der Waals surface area contributed by atoms with E-state index in [4.69, 9.17) is 15.2 Å². The number of aliphatic hydroxyl groups is 3. The fourth-order valence-electron chi connectivity index (χ4n) is 2.36. The Bertz CT molecular complexity index is 346. The third-order valence-electron chi connectivity index (χ3n) is 3.32. The average Bonchev–Trinajstić information content (AvgIpc) is 2.75. The molecule has 6 atom stereocenters. The van der Waals surface area contributed by atoms with E-state index in [1.165, 1.54) is 0 Å². The summed E-state index contributed by atoms with van der Waals surface area (Å²) in [5.41, 5.74) is 4.92. The highest BCUT2D eigenvalue weighted by Crippen LogP contribution is 2.36. The van der Waals surface area contributed by atoms with Crippen LogP contribution in [0.5, 0.6) is 0 Å². The van der Waals surface area contributed by atoms with Crippen LogP contribution in [0.4, 0.5) is 0 Å². The molecule has 7 nitrogen and oxygen atoms in total. The first-order chi connectivity index (χ1) is 7.95. The lowest BCUT2D eigenvalue weighted by Gasteiger charge is -2.41. The SMILES string of the molecule is C=C(C(N)=O)[C@@H]1[C@H](O)[C@@H](O)[C@H]2OCO[C@H]2[C@@H]1O. The van der Waals surface area contributed by atoms with Crippen molar-refractivity contribution in [3.8, 4) is 0 Å². The molecule has 0 bridgehead atoms. The lowest BCUT2D eigenvalue weighted by Crippen LogP contribution is -2.60. The average molecular weight is 245 g/mol. The highest BCUT2D eigenvalue weighted by molar-refractivity contribution is 5.92. The largest absolute Gasteiger partial charge is 0.390 e. The van der Waals surface area contributed by atoms with Gasteiger partial charge >= 0.3 is 0 Å². The number of primary amides is 1. The number of carbonyl (C=O) groups excluding carboxylic acids is 1. The Morgan fingerprint density at radius 3 is 2.18 bits per heavy atom. The summed E-state index contributed by atoms with van der Waals surface area (Å²) in [6, 6.07) is 0. The van der Waals surface area contributed by atoms with Gasteiger partial charge in [0.1, 0.15) is 25.1 Å². The summed E-state index contributed by atoms with van der Waals surface area (Å²) in [6.07, 6.45) is -5.42. The third kappa shape index (κ3) is 1.85. The van der Waals surface area contributed by atoms with Gasteiger partial charge in [-0.25, -0.2) is 0 Å². The molecule has 1 amide bonds. The molecule has 2 fully saturated rings. The van der Waals surface area contributed by atoms with E-state index in [2.05, 4.69) is 6.58 Å². The molecule has 1 aliphatic heterocycles. The summed E-state index contributed by atoms with van der Waals surface area (Å²) in [4.78, 5) is 11.0. The lowest BCUT2D eigenvalue weighted by molar-refractivity contribution is -0.159. The lowest BCUT2D eigenvalue weighted by atomic mass is 9.75. The van der Waals surface area contributed by atoms with Crippen LogP contribution >= 0.6 is 0 Å². The van der Waals surface area contributed by atoms with Gasteiger partial charge in [-0.05, 0) is 0 Å². The highest BCUT2D eigenvalue weighted by atomic mass is 16.7. The number of aliphatic hydroxyl groups excluding tert-OH is 3. The molecule has 0 unspecified atom stereocenters. The maximum Gasteiger partial charge on any atom is 0.244 e. The van der Waals surface area contributed by atoms with Crippen molar-refractivity contribution < 1.29 is 29.6 Å². The first kappa shape index (κ1) is 12.5. The molecule has 2 aliphatic rings. The molecule has 0 aromatic carbocycles. The number of carbonyl (C=O) groups is 1. The number of hydrogen-bond donors (Lipinski definition) is 4. The molecule has 5 N–H and O–H groups in total. The quantitative estimate of drug-likeness (QED) is 0.398. The van der Waals surface area contributed by atoms with E-state index in [0.29, 0.717) is 0 Å². The van der Waals surface area contributed by atoms with Crippen LogP contribution in [0.1, 0.15) is 0 Å². The zero-order chi connectivity index (χ0) is 12.7. The highest BCUT2D eigenvalue weighted by Gasteiger charge is 2.54. The Hall–Kier alpha value is -0.990. The van der Waals surface area contributed by atoms with Crippen molar-refractivity contribution in [2.24, 2.45) is 11.7 Å². The number of rotatable bonds is 2. The number of hydrogen-bond acceptors (Lipinski definition) is 6. The number of ether oxygens (including phenoxy) is 2. The fourth-order valence-corrected chi connectivity index (χ4v) is 2.36. The molecule has 0 radical (unpaired) electrons. The molecular formula is C10H15NO6. The molecule has 96 valence electrons. The van der Waals surface area contributed by atoms with Crippen LogP contribution in [0, 0.1) is 5.92 Å². The van der Waals surface area contributed by atoms with E-state index in [0.717, 1.165) is 0 Å². The second kappa shape index (κ2) is 4.35. The Kier molecular flexibility index (Phi) is 3.19. The van der Waals surface area contributed by atoms with Gasteiger partial charge in [0.25, 0.3) is 0 Å². The van der Waals surface area contributed by atoms with Crippen LogP contribution in [-0.4, -0.2) is 58.5 Å². The third-order valence-corrected chi connectivity index (χ3v) is 3.32. The van der Waals surface area contributed by atoms with Crippen LogP contribution < -0.4 is 5.73 Å². The number of amides is 1. The molecule has 0 spiro atoms. The second-order valence-corrected chi connectivity index (χ2v) is 4.27. The molecule has 2 rings (SSSR count). The van der Waals surface area contributed by atoms with Crippen LogP contribution in [-0.2, 0) is 14.3 Å². The minimum absolute atomic E-state index is 0.0774. The van der Waals surface area contributed by atoms with Gasteiger partial charge < -0.3 is 30.5 Å². The van der Waals surface area contributed by atoms with Crippen molar-refractivity contribution in [2.45, 2.75) is 30.5 Å². The van der Waals surface area contributed by atoms with Crippen molar-refractivity contribution in [3.63, 3.8) is 0 Å². The molecule has 1 saturated carbocycles. The molecule has 7 heteroatoms. The van der Waals surface area contributed by atoms with Crippen molar-refractivity contribution in [1.82, 2.24) is 0 Å². The van der Waals surface area contributed by atoms with Gasteiger partial charge in [0.05, 0.1) is 12.2 Å². The minimum Gasteiger partial charge on any atom is -0.390 e. The molecule has 1 heterocycles. The Labute approximate surface area is 97.4 Å². The first-order valence-electron chi connectivity index (χ1n) is 5.21. The number of nitrogens with two attached hydrogens (primary N) is 1. The summed E-state index contributed by atoms with van der Waals surface area (Å²) >= 11 is 0. The van der Waals surface area contributed by atoms with E-state index in [1.807, 2.05) is 0 Å².